The van der Waals surface area contributed by atoms with Crippen molar-refractivity contribution in [2.75, 3.05) is 0 Å². The van der Waals surface area contributed by atoms with Crippen molar-refractivity contribution in [1.29, 1.82) is 5.26 Å². The van der Waals surface area contributed by atoms with Crippen LogP contribution in [0.4, 0.5) is 0 Å². The summed E-state index contributed by atoms with van der Waals surface area (Å²) in [6.45, 7) is 1.93. The number of aromatic nitrogens is 3. The van der Waals surface area contributed by atoms with Gasteiger partial charge >= 0.3 is 0 Å². The van der Waals surface area contributed by atoms with Crippen molar-refractivity contribution in [3.63, 3.8) is 0 Å². The van der Waals surface area contributed by atoms with E-state index in [4.69, 9.17) is 5.26 Å². The van der Waals surface area contributed by atoms with Crippen LogP contribution in [0.5, 0.6) is 0 Å². The molecule has 3 aromatic rings. The lowest BCUT2D eigenvalue weighted by Crippen LogP contribution is -1.90. The van der Waals surface area contributed by atoms with Crippen molar-refractivity contribution in [3.05, 3.63) is 53.5 Å². The molecule has 2 heterocycles. The maximum Gasteiger partial charge on any atom is 0.117 e. The first kappa shape index (κ1) is 12.7. The third-order valence-electron chi connectivity index (χ3n) is 2.89. The minimum atomic E-state index is 0.617. The SMILES string of the molecule is Cc1cnc(SCc2nc3ccccc3[nH]2)c(C#N)c1. The number of hydrogen-bond donors (Lipinski definition) is 1. The van der Waals surface area contributed by atoms with Gasteiger partial charge in [0.1, 0.15) is 16.9 Å². The summed E-state index contributed by atoms with van der Waals surface area (Å²) in [6, 6.07) is 12.0. The van der Waals surface area contributed by atoms with Crippen molar-refractivity contribution < 1.29 is 0 Å². The molecule has 0 aliphatic heterocycles. The Kier molecular flexibility index (Phi) is 3.40. The van der Waals surface area contributed by atoms with Crippen molar-refractivity contribution in [3.8, 4) is 6.07 Å². The predicted octanol–water partition coefficient (Wildman–Crippen LogP) is 3.43. The zero-order valence-corrected chi connectivity index (χ0v) is 11.7. The number of benzene rings is 1. The molecule has 20 heavy (non-hydrogen) atoms. The van der Waals surface area contributed by atoms with Gasteiger partial charge in [-0.1, -0.05) is 23.9 Å². The van der Waals surface area contributed by atoms with E-state index < -0.39 is 0 Å². The molecule has 0 saturated heterocycles. The number of nitrogens with zero attached hydrogens (tertiary/aromatic N) is 3. The maximum atomic E-state index is 9.13. The van der Waals surface area contributed by atoms with Gasteiger partial charge in [0, 0.05) is 6.20 Å². The molecule has 5 heteroatoms. The second-order valence-corrected chi connectivity index (χ2v) is 5.43. The molecule has 0 unspecified atom stereocenters. The van der Waals surface area contributed by atoms with Crippen LogP contribution in [0.25, 0.3) is 11.0 Å². The van der Waals surface area contributed by atoms with E-state index in [-0.39, 0.29) is 0 Å². The van der Waals surface area contributed by atoms with Crippen LogP contribution in [0.15, 0.2) is 41.6 Å². The molecule has 0 aliphatic rings. The Bertz CT molecular complexity index is 768. The largest absolute Gasteiger partial charge is 0.341 e. The number of para-hydroxylation sites is 2. The summed E-state index contributed by atoms with van der Waals surface area (Å²) in [5.41, 5.74) is 3.60. The number of fused-ring (bicyclic) bond motifs is 1. The molecule has 0 fully saturated rings. The van der Waals surface area contributed by atoms with E-state index in [0.717, 1.165) is 27.4 Å². The molecule has 3 rings (SSSR count). The highest BCUT2D eigenvalue weighted by atomic mass is 32.2. The molecule has 0 aliphatic carbocycles. The molecule has 98 valence electrons. The third kappa shape index (κ3) is 2.51. The van der Waals surface area contributed by atoms with Crippen LogP contribution in [-0.4, -0.2) is 15.0 Å². The van der Waals surface area contributed by atoms with E-state index in [1.54, 1.807) is 6.20 Å². The number of imidazole rings is 1. The Labute approximate surface area is 120 Å². The van der Waals surface area contributed by atoms with Gasteiger partial charge in [-0.2, -0.15) is 5.26 Å². The van der Waals surface area contributed by atoms with Gasteiger partial charge in [-0.3, -0.25) is 0 Å². The van der Waals surface area contributed by atoms with Crippen LogP contribution >= 0.6 is 11.8 Å². The van der Waals surface area contributed by atoms with Gasteiger partial charge < -0.3 is 4.98 Å². The second kappa shape index (κ2) is 5.35. The zero-order valence-electron chi connectivity index (χ0n) is 10.9. The van der Waals surface area contributed by atoms with Crippen molar-refractivity contribution in [2.24, 2.45) is 0 Å². The van der Waals surface area contributed by atoms with E-state index in [1.165, 1.54) is 11.8 Å². The van der Waals surface area contributed by atoms with Crippen LogP contribution in [0.3, 0.4) is 0 Å². The molecule has 0 amide bonds. The minimum absolute atomic E-state index is 0.617. The fourth-order valence-electron chi connectivity index (χ4n) is 1.96. The first-order valence-corrected chi connectivity index (χ1v) is 7.18. The topological polar surface area (TPSA) is 65.4 Å². The Morgan fingerprint density at radius 3 is 3.00 bits per heavy atom. The summed E-state index contributed by atoms with van der Waals surface area (Å²) >= 11 is 1.52. The molecule has 0 spiro atoms. The van der Waals surface area contributed by atoms with Crippen molar-refractivity contribution in [2.45, 2.75) is 17.7 Å². The predicted molar refractivity (Wildman–Crippen MR) is 79.3 cm³/mol. The number of aromatic amines is 1. The van der Waals surface area contributed by atoms with Gasteiger partial charge in [-0.15, -0.1) is 0 Å². The molecule has 4 nitrogen and oxygen atoms in total. The van der Waals surface area contributed by atoms with Gasteiger partial charge in [-0.05, 0) is 30.7 Å². The number of thioether (sulfide) groups is 1. The Balaban J connectivity index is 1.81. The summed E-state index contributed by atoms with van der Waals surface area (Å²) in [5.74, 6) is 1.56. The fraction of sp³-hybridized carbons (Fsp3) is 0.133. The van der Waals surface area contributed by atoms with E-state index in [0.29, 0.717) is 11.3 Å². The van der Waals surface area contributed by atoms with Crippen molar-refractivity contribution >= 4 is 22.8 Å². The smallest absolute Gasteiger partial charge is 0.117 e. The Morgan fingerprint density at radius 1 is 1.35 bits per heavy atom. The highest BCUT2D eigenvalue weighted by molar-refractivity contribution is 7.98. The maximum absolute atomic E-state index is 9.13. The minimum Gasteiger partial charge on any atom is -0.341 e. The van der Waals surface area contributed by atoms with Gasteiger partial charge in [0.25, 0.3) is 0 Å². The molecule has 0 bridgehead atoms. The summed E-state index contributed by atoms with van der Waals surface area (Å²) in [4.78, 5) is 12.1. The molecule has 1 N–H and O–H groups in total. The Morgan fingerprint density at radius 2 is 2.20 bits per heavy atom. The van der Waals surface area contributed by atoms with E-state index in [9.17, 15) is 0 Å². The molecule has 0 saturated carbocycles. The van der Waals surface area contributed by atoms with E-state index in [2.05, 4.69) is 21.0 Å². The van der Waals surface area contributed by atoms with Gasteiger partial charge in [0.2, 0.25) is 0 Å². The monoisotopic (exact) mass is 280 g/mol. The van der Waals surface area contributed by atoms with Crippen LogP contribution in [0, 0.1) is 18.3 Å². The molecule has 2 aromatic heterocycles. The quantitative estimate of drug-likeness (QED) is 0.746. The highest BCUT2D eigenvalue weighted by Crippen LogP contribution is 2.24. The molecule has 1 aromatic carbocycles. The number of H-pyrrole nitrogens is 1. The van der Waals surface area contributed by atoms with Gasteiger partial charge in [0.05, 0.1) is 22.3 Å². The highest BCUT2D eigenvalue weighted by Gasteiger charge is 2.07. The van der Waals surface area contributed by atoms with Crippen molar-refractivity contribution in [1.82, 2.24) is 15.0 Å². The number of pyridine rings is 1. The molecule has 0 radical (unpaired) electrons. The average molecular weight is 280 g/mol. The summed E-state index contributed by atoms with van der Waals surface area (Å²) in [7, 11) is 0. The average Bonchev–Trinajstić information content (AvgIpc) is 2.88. The van der Waals surface area contributed by atoms with Gasteiger partial charge in [-0.25, -0.2) is 9.97 Å². The first-order chi connectivity index (χ1) is 9.76. The number of nitriles is 1. The number of rotatable bonds is 3. The summed E-state index contributed by atoms with van der Waals surface area (Å²) in [5, 5.41) is 9.88. The summed E-state index contributed by atoms with van der Waals surface area (Å²) in [6.07, 6.45) is 1.78. The molecular formula is C15H12N4S. The number of aryl methyl sites for hydroxylation is 1. The normalized spacial score (nSPS) is 10.6. The lowest BCUT2D eigenvalue weighted by Gasteiger charge is -2.02. The summed E-state index contributed by atoms with van der Waals surface area (Å²) < 4.78 is 0. The first-order valence-electron chi connectivity index (χ1n) is 6.19. The van der Waals surface area contributed by atoms with Crippen LogP contribution in [-0.2, 0) is 5.75 Å². The van der Waals surface area contributed by atoms with Gasteiger partial charge in [0.15, 0.2) is 0 Å². The molecule has 0 atom stereocenters. The number of nitrogens with one attached hydrogen (secondary N) is 1. The van der Waals surface area contributed by atoms with Crippen LogP contribution in [0.2, 0.25) is 0 Å². The Hall–Kier alpha value is -2.32. The standard InChI is InChI=1S/C15H12N4S/c1-10-6-11(7-16)15(17-8-10)20-9-14-18-12-4-2-3-5-13(12)19-14/h2-6,8H,9H2,1H3,(H,18,19). The lowest BCUT2D eigenvalue weighted by atomic mass is 10.2. The van der Waals surface area contributed by atoms with Crippen LogP contribution in [0.1, 0.15) is 17.0 Å². The third-order valence-corrected chi connectivity index (χ3v) is 3.91. The second-order valence-electron chi connectivity index (χ2n) is 4.47. The van der Waals surface area contributed by atoms with Crippen LogP contribution < -0.4 is 0 Å². The lowest BCUT2D eigenvalue weighted by molar-refractivity contribution is 1.07. The van der Waals surface area contributed by atoms with E-state index in [1.807, 2.05) is 37.3 Å². The zero-order chi connectivity index (χ0) is 13.9. The molecular weight excluding hydrogens is 268 g/mol. The fourth-order valence-corrected chi connectivity index (χ4v) is 2.76. The van der Waals surface area contributed by atoms with E-state index >= 15 is 0 Å². The number of hydrogen-bond acceptors (Lipinski definition) is 4.